The third kappa shape index (κ3) is 3.68. The summed E-state index contributed by atoms with van der Waals surface area (Å²) in [4.78, 5) is 39.7. The summed E-state index contributed by atoms with van der Waals surface area (Å²) in [5, 5.41) is 3.28. The maximum atomic E-state index is 12.3. The Morgan fingerprint density at radius 1 is 1.24 bits per heavy atom. The lowest BCUT2D eigenvalue weighted by atomic mass is 10.3. The summed E-state index contributed by atoms with van der Waals surface area (Å²) in [7, 11) is 3.04. The molecule has 25 heavy (non-hydrogen) atoms. The second kappa shape index (κ2) is 7.51. The van der Waals surface area contributed by atoms with Crippen LogP contribution >= 0.6 is 11.3 Å². The van der Waals surface area contributed by atoms with Crippen LogP contribution in [0.5, 0.6) is 0 Å². The van der Waals surface area contributed by atoms with Gasteiger partial charge >= 0.3 is 5.69 Å². The quantitative estimate of drug-likeness (QED) is 0.738. The SMILES string of the molecule is Cn1c(=O)c2cc(C(=O)NCCCN3CCOCC3)sc2n(C)c1=O. The standard InChI is InChI=1S/C16H22N4O4S/c1-18-14(22)11-10-12(25-15(11)19(2)16(18)23)13(21)17-4-3-5-20-6-8-24-9-7-20/h10H,3-9H2,1-2H3,(H,17,21). The molecule has 0 aliphatic carbocycles. The van der Waals surface area contributed by atoms with Crippen LogP contribution in [-0.2, 0) is 18.8 Å². The smallest absolute Gasteiger partial charge is 0.331 e. The number of amides is 1. The van der Waals surface area contributed by atoms with Crippen molar-refractivity contribution in [2.75, 3.05) is 39.4 Å². The van der Waals surface area contributed by atoms with E-state index in [1.54, 1.807) is 13.1 Å². The first-order valence-electron chi connectivity index (χ1n) is 8.27. The lowest BCUT2D eigenvalue weighted by molar-refractivity contribution is 0.0374. The van der Waals surface area contributed by atoms with Gasteiger partial charge in [0.1, 0.15) is 4.83 Å². The van der Waals surface area contributed by atoms with E-state index in [0.717, 1.165) is 43.8 Å². The van der Waals surface area contributed by atoms with Gasteiger partial charge in [-0.1, -0.05) is 0 Å². The maximum Gasteiger partial charge on any atom is 0.331 e. The van der Waals surface area contributed by atoms with E-state index in [2.05, 4.69) is 10.2 Å². The molecule has 3 heterocycles. The van der Waals surface area contributed by atoms with Crippen LogP contribution in [0, 0.1) is 0 Å². The molecule has 1 amide bonds. The summed E-state index contributed by atoms with van der Waals surface area (Å²) in [6.07, 6.45) is 0.858. The highest BCUT2D eigenvalue weighted by Gasteiger charge is 2.16. The number of ether oxygens (including phenoxy) is 1. The minimum absolute atomic E-state index is 0.210. The molecule has 1 aliphatic rings. The van der Waals surface area contributed by atoms with Gasteiger partial charge in [-0.3, -0.25) is 23.6 Å². The maximum absolute atomic E-state index is 12.3. The first-order valence-corrected chi connectivity index (χ1v) is 9.08. The van der Waals surface area contributed by atoms with Crippen molar-refractivity contribution < 1.29 is 9.53 Å². The van der Waals surface area contributed by atoms with Gasteiger partial charge in [0.25, 0.3) is 11.5 Å². The number of hydrogen-bond acceptors (Lipinski definition) is 6. The lowest BCUT2D eigenvalue weighted by Crippen LogP contribution is -2.38. The number of carbonyl (C=O) groups is 1. The van der Waals surface area contributed by atoms with Crippen molar-refractivity contribution in [2.45, 2.75) is 6.42 Å². The van der Waals surface area contributed by atoms with Gasteiger partial charge < -0.3 is 10.1 Å². The normalized spacial score (nSPS) is 15.6. The van der Waals surface area contributed by atoms with Gasteiger partial charge in [-0.2, -0.15) is 0 Å². The van der Waals surface area contributed by atoms with E-state index in [0.29, 0.717) is 21.6 Å². The number of morpholine rings is 1. The van der Waals surface area contributed by atoms with E-state index >= 15 is 0 Å². The molecule has 0 spiro atoms. The molecule has 0 bridgehead atoms. The fraction of sp³-hybridized carbons (Fsp3) is 0.562. The monoisotopic (exact) mass is 366 g/mol. The zero-order valence-electron chi connectivity index (χ0n) is 14.4. The van der Waals surface area contributed by atoms with Crippen LogP contribution in [0.25, 0.3) is 10.2 Å². The predicted molar refractivity (Wildman–Crippen MR) is 96.5 cm³/mol. The van der Waals surface area contributed by atoms with Crippen LogP contribution in [0.3, 0.4) is 0 Å². The molecule has 3 rings (SSSR count). The Balaban J connectivity index is 1.64. The Labute approximate surface area is 148 Å². The number of hydrogen-bond donors (Lipinski definition) is 1. The Morgan fingerprint density at radius 3 is 2.68 bits per heavy atom. The Kier molecular flexibility index (Phi) is 5.36. The van der Waals surface area contributed by atoms with E-state index in [1.807, 2.05) is 0 Å². The van der Waals surface area contributed by atoms with Crippen molar-refractivity contribution in [1.29, 1.82) is 0 Å². The predicted octanol–water partition coefficient (Wildman–Crippen LogP) is -0.249. The van der Waals surface area contributed by atoms with Gasteiger partial charge in [0.05, 0.1) is 23.5 Å². The van der Waals surface area contributed by atoms with Crippen LogP contribution in [0.4, 0.5) is 0 Å². The van der Waals surface area contributed by atoms with Crippen molar-refractivity contribution in [3.8, 4) is 0 Å². The Hall–Kier alpha value is -1.97. The van der Waals surface area contributed by atoms with Gasteiger partial charge in [0.15, 0.2) is 0 Å². The molecule has 8 nitrogen and oxygen atoms in total. The molecular weight excluding hydrogens is 344 g/mol. The molecular formula is C16H22N4O4S. The summed E-state index contributed by atoms with van der Waals surface area (Å²) >= 11 is 1.17. The molecule has 0 saturated carbocycles. The Bertz CT molecular complexity index is 892. The molecule has 0 aromatic carbocycles. The zero-order chi connectivity index (χ0) is 18.0. The van der Waals surface area contributed by atoms with Gasteiger partial charge in [-0.25, -0.2) is 4.79 Å². The second-order valence-electron chi connectivity index (χ2n) is 6.10. The third-order valence-electron chi connectivity index (χ3n) is 4.39. The van der Waals surface area contributed by atoms with Crippen LogP contribution in [-0.4, -0.2) is 59.3 Å². The van der Waals surface area contributed by atoms with Gasteiger partial charge in [-0.15, -0.1) is 11.3 Å². The first kappa shape index (κ1) is 17.8. The number of nitrogens with zero attached hydrogens (tertiary/aromatic N) is 3. The number of rotatable bonds is 5. The molecule has 2 aromatic rings. The minimum atomic E-state index is -0.392. The van der Waals surface area contributed by atoms with Crippen molar-refractivity contribution in [3.63, 3.8) is 0 Å². The molecule has 136 valence electrons. The van der Waals surface area contributed by atoms with E-state index in [4.69, 9.17) is 4.74 Å². The van der Waals surface area contributed by atoms with E-state index < -0.39 is 5.69 Å². The summed E-state index contributed by atoms with van der Waals surface area (Å²) in [5.41, 5.74) is -0.766. The van der Waals surface area contributed by atoms with Crippen LogP contribution in [0.2, 0.25) is 0 Å². The number of aryl methyl sites for hydroxylation is 1. The summed E-state index contributed by atoms with van der Waals surface area (Å²) in [6.45, 7) is 4.89. The van der Waals surface area contributed by atoms with Crippen molar-refractivity contribution in [2.24, 2.45) is 14.1 Å². The van der Waals surface area contributed by atoms with Crippen molar-refractivity contribution >= 4 is 27.5 Å². The third-order valence-corrected chi connectivity index (χ3v) is 5.60. The van der Waals surface area contributed by atoms with E-state index in [1.165, 1.54) is 23.0 Å². The van der Waals surface area contributed by atoms with Gasteiger partial charge in [0, 0.05) is 33.7 Å². The fourth-order valence-corrected chi connectivity index (χ4v) is 3.91. The highest BCUT2D eigenvalue weighted by Crippen LogP contribution is 2.21. The molecule has 9 heteroatoms. The van der Waals surface area contributed by atoms with E-state index in [9.17, 15) is 14.4 Å². The number of thiophene rings is 1. The van der Waals surface area contributed by atoms with Crippen LogP contribution < -0.4 is 16.6 Å². The molecule has 0 atom stereocenters. The number of fused-ring (bicyclic) bond motifs is 1. The molecule has 1 fully saturated rings. The highest BCUT2D eigenvalue weighted by molar-refractivity contribution is 7.20. The topological polar surface area (TPSA) is 85.6 Å². The molecule has 0 unspecified atom stereocenters. The second-order valence-corrected chi connectivity index (χ2v) is 7.13. The molecule has 0 radical (unpaired) electrons. The minimum Gasteiger partial charge on any atom is -0.379 e. The van der Waals surface area contributed by atoms with Gasteiger partial charge in [-0.05, 0) is 19.0 Å². The zero-order valence-corrected chi connectivity index (χ0v) is 15.2. The Morgan fingerprint density at radius 2 is 1.96 bits per heavy atom. The number of aromatic nitrogens is 2. The number of carbonyl (C=O) groups excluding carboxylic acids is 1. The average Bonchev–Trinajstić information content (AvgIpc) is 3.08. The summed E-state index contributed by atoms with van der Waals surface area (Å²) in [5.74, 6) is -0.210. The first-order chi connectivity index (χ1) is 12.0. The van der Waals surface area contributed by atoms with Crippen molar-refractivity contribution in [1.82, 2.24) is 19.4 Å². The fourth-order valence-electron chi connectivity index (χ4n) is 2.89. The van der Waals surface area contributed by atoms with Gasteiger partial charge in [0.2, 0.25) is 0 Å². The number of nitrogens with one attached hydrogen (secondary N) is 1. The molecule has 1 saturated heterocycles. The van der Waals surface area contributed by atoms with E-state index in [-0.39, 0.29) is 11.5 Å². The molecule has 1 aliphatic heterocycles. The largest absolute Gasteiger partial charge is 0.379 e. The lowest BCUT2D eigenvalue weighted by Gasteiger charge is -2.26. The summed E-state index contributed by atoms with van der Waals surface area (Å²) in [6, 6.07) is 1.57. The van der Waals surface area contributed by atoms with Crippen molar-refractivity contribution in [3.05, 3.63) is 31.8 Å². The average molecular weight is 366 g/mol. The summed E-state index contributed by atoms with van der Waals surface area (Å²) < 4.78 is 7.76. The van der Waals surface area contributed by atoms with Crippen LogP contribution in [0.15, 0.2) is 15.7 Å². The molecule has 2 aromatic heterocycles. The molecule has 1 N–H and O–H groups in total. The highest BCUT2D eigenvalue weighted by atomic mass is 32.1. The van der Waals surface area contributed by atoms with Crippen LogP contribution in [0.1, 0.15) is 16.1 Å².